The third kappa shape index (κ3) is 4.33. The zero-order chi connectivity index (χ0) is 16.9. The topological polar surface area (TPSA) is 80.5 Å². The Morgan fingerprint density at radius 2 is 2.12 bits per heavy atom. The van der Waals surface area contributed by atoms with E-state index in [9.17, 15) is 4.79 Å². The number of ether oxygens (including phenoxy) is 1. The van der Waals surface area contributed by atoms with Gasteiger partial charge >= 0.3 is 0 Å². The highest BCUT2D eigenvalue weighted by Gasteiger charge is 2.35. The van der Waals surface area contributed by atoms with Gasteiger partial charge in [0, 0.05) is 38.3 Å². The second kappa shape index (κ2) is 8.07. The van der Waals surface area contributed by atoms with E-state index >= 15 is 0 Å². The average Bonchev–Trinajstić information content (AvgIpc) is 3.15. The SMILES string of the molecule is CCC[C@@H]1CN(Cc2nc(C)no2)C[C@H]1NC(=O)C1CCOCC1. The molecule has 0 radical (unpaired) electrons. The van der Waals surface area contributed by atoms with Gasteiger partial charge < -0.3 is 14.6 Å². The first kappa shape index (κ1) is 17.4. The van der Waals surface area contributed by atoms with Crippen LogP contribution in [0.25, 0.3) is 0 Å². The van der Waals surface area contributed by atoms with E-state index in [1.165, 1.54) is 0 Å². The molecule has 1 aromatic rings. The molecule has 0 unspecified atom stereocenters. The Balaban J connectivity index is 1.57. The van der Waals surface area contributed by atoms with E-state index in [-0.39, 0.29) is 17.9 Å². The molecule has 2 aliphatic heterocycles. The summed E-state index contributed by atoms with van der Waals surface area (Å²) in [6.07, 6.45) is 3.92. The number of aryl methyl sites for hydroxylation is 1. The van der Waals surface area contributed by atoms with Crippen molar-refractivity contribution in [3.63, 3.8) is 0 Å². The summed E-state index contributed by atoms with van der Waals surface area (Å²) in [5.41, 5.74) is 0. The lowest BCUT2D eigenvalue weighted by Crippen LogP contribution is -2.44. The quantitative estimate of drug-likeness (QED) is 0.848. The van der Waals surface area contributed by atoms with Crippen LogP contribution in [-0.4, -0.2) is 53.3 Å². The maximum Gasteiger partial charge on any atom is 0.240 e. The number of amides is 1. The van der Waals surface area contributed by atoms with E-state index in [1.54, 1.807) is 0 Å². The van der Waals surface area contributed by atoms with Crippen LogP contribution in [0.15, 0.2) is 4.52 Å². The molecule has 3 heterocycles. The third-order valence-corrected chi connectivity index (χ3v) is 5.02. The van der Waals surface area contributed by atoms with Gasteiger partial charge in [0.25, 0.3) is 0 Å². The highest BCUT2D eigenvalue weighted by atomic mass is 16.5. The molecule has 0 spiro atoms. The molecule has 0 saturated carbocycles. The summed E-state index contributed by atoms with van der Waals surface area (Å²) in [5, 5.41) is 7.15. The fourth-order valence-electron chi connectivity index (χ4n) is 3.77. The summed E-state index contributed by atoms with van der Waals surface area (Å²) in [4.78, 5) is 19.1. The Kier molecular flexibility index (Phi) is 5.84. The fraction of sp³-hybridized carbons (Fsp3) is 0.824. The molecule has 0 bridgehead atoms. The predicted molar refractivity (Wildman–Crippen MR) is 88.2 cm³/mol. The number of hydrogen-bond acceptors (Lipinski definition) is 6. The van der Waals surface area contributed by atoms with Gasteiger partial charge in [-0.25, -0.2) is 0 Å². The smallest absolute Gasteiger partial charge is 0.240 e. The van der Waals surface area contributed by atoms with E-state index in [0.717, 1.165) is 38.8 Å². The molecule has 7 nitrogen and oxygen atoms in total. The van der Waals surface area contributed by atoms with Crippen molar-refractivity contribution in [1.82, 2.24) is 20.4 Å². The highest BCUT2D eigenvalue weighted by Crippen LogP contribution is 2.24. The number of hydrogen-bond donors (Lipinski definition) is 1. The van der Waals surface area contributed by atoms with Gasteiger partial charge in [-0.2, -0.15) is 4.98 Å². The monoisotopic (exact) mass is 336 g/mol. The van der Waals surface area contributed by atoms with Crippen LogP contribution < -0.4 is 5.32 Å². The van der Waals surface area contributed by atoms with Gasteiger partial charge in [0.2, 0.25) is 11.8 Å². The zero-order valence-electron chi connectivity index (χ0n) is 14.7. The summed E-state index contributed by atoms with van der Waals surface area (Å²) < 4.78 is 10.6. The number of carbonyl (C=O) groups is 1. The van der Waals surface area contributed by atoms with Gasteiger partial charge in [-0.1, -0.05) is 18.5 Å². The lowest BCUT2D eigenvalue weighted by atomic mass is 9.95. The van der Waals surface area contributed by atoms with Crippen molar-refractivity contribution in [3.8, 4) is 0 Å². The minimum atomic E-state index is 0.105. The van der Waals surface area contributed by atoms with Gasteiger partial charge in [0.1, 0.15) is 0 Å². The third-order valence-electron chi connectivity index (χ3n) is 5.02. The number of nitrogens with one attached hydrogen (secondary N) is 1. The number of aromatic nitrogens is 2. The van der Waals surface area contributed by atoms with Gasteiger partial charge in [0.05, 0.1) is 6.54 Å². The van der Waals surface area contributed by atoms with Crippen LogP contribution in [0.1, 0.15) is 44.3 Å². The number of rotatable bonds is 6. The minimum absolute atomic E-state index is 0.105. The van der Waals surface area contributed by atoms with Crippen LogP contribution in [0.3, 0.4) is 0 Å². The van der Waals surface area contributed by atoms with Crippen LogP contribution in [-0.2, 0) is 16.1 Å². The van der Waals surface area contributed by atoms with Crippen molar-refractivity contribution in [2.24, 2.45) is 11.8 Å². The second-order valence-corrected chi connectivity index (χ2v) is 6.98. The molecule has 3 rings (SSSR count). The molecule has 2 aliphatic rings. The number of nitrogens with zero attached hydrogens (tertiary/aromatic N) is 3. The molecule has 7 heteroatoms. The molecule has 2 atom stereocenters. The fourth-order valence-corrected chi connectivity index (χ4v) is 3.77. The summed E-state index contributed by atoms with van der Waals surface area (Å²) in [7, 11) is 0. The summed E-state index contributed by atoms with van der Waals surface area (Å²) >= 11 is 0. The van der Waals surface area contributed by atoms with Crippen LogP contribution in [0.4, 0.5) is 0 Å². The highest BCUT2D eigenvalue weighted by molar-refractivity contribution is 5.79. The van der Waals surface area contributed by atoms with E-state index in [4.69, 9.17) is 9.26 Å². The van der Waals surface area contributed by atoms with Gasteiger partial charge in [-0.05, 0) is 32.1 Å². The minimum Gasteiger partial charge on any atom is -0.381 e. The number of carbonyl (C=O) groups excluding carboxylic acids is 1. The molecule has 0 aliphatic carbocycles. The van der Waals surface area contributed by atoms with Crippen molar-refractivity contribution < 1.29 is 14.1 Å². The standard InChI is InChI=1S/C17H28N4O3/c1-3-4-14-9-21(11-16-18-12(2)20-24-16)10-15(14)19-17(22)13-5-7-23-8-6-13/h13-15H,3-11H2,1-2H3,(H,19,22)/t14-,15-/m1/s1. The lowest BCUT2D eigenvalue weighted by Gasteiger charge is -2.25. The van der Waals surface area contributed by atoms with Crippen molar-refractivity contribution in [2.75, 3.05) is 26.3 Å². The van der Waals surface area contributed by atoms with Crippen molar-refractivity contribution in [1.29, 1.82) is 0 Å². The van der Waals surface area contributed by atoms with Crippen LogP contribution >= 0.6 is 0 Å². The van der Waals surface area contributed by atoms with Gasteiger partial charge in [-0.3, -0.25) is 9.69 Å². The summed E-state index contributed by atoms with van der Waals surface area (Å²) in [6, 6.07) is 0.212. The first-order chi connectivity index (χ1) is 11.7. The van der Waals surface area contributed by atoms with E-state index in [1.807, 2.05) is 6.92 Å². The average molecular weight is 336 g/mol. The van der Waals surface area contributed by atoms with Crippen molar-refractivity contribution in [2.45, 2.75) is 52.1 Å². The molecule has 1 aromatic heterocycles. The Labute approximate surface area is 143 Å². The Hall–Kier alpha value is -1.47. The van der Waals surface area contributed by atoms with Crippen LogP contribution in [0, 0.1) is 18.8 Å². The Morgan fingerprint density at radius 1 is 1.33 bits per heavy atom. The number of likely N-dealkylation sites (tertiary alicyclic amines) is 1. The molecule has 1 N–H and O–H groups in total. The van der Waals surface area contributed by atoms with E-state index in [0.29, 0.717) is 37.4 Å². The van der Waals surface area contributed by atoms with Crippen molar-refractivity contribution >= 4 is 5.91 Å². The molecule has 134 valence electrons. The zero-order valence-corrected chi connectivity index (χ0v) is 14.7. The van der Waals surface area contributed by atoms with Crippen LogP contribution in [0.2, 0.25) is 0 Å². The molecule has 1 amide bonds. The molecule has 24 heavy (non-hydrogen) atoms. The second-order valence-electron chi connectivity index (χ2n) is 6.98. The predicted octanol–water partition coefficient (Wildman–Crippen LogP) is 1.52. The molecular weight excluding hydrogens is 308 g/mol. The van der Waals surface area contributed by atoms with Gasteiger partial charge in [-0.15, -0.1) is 0 Å². The summed E-state index contributed by atoms with van der Waals surface area (Å²) in [6.45, 7) is 7.89. The maximum atomic E-state index is 12.5. The summed E-state index contributed by atoms with van der Waals surface area (Å²) in [5.74, 6) is 2.11. The largest absolute Gasteiger partial charge is 0.381 e. The Morgan fingerprint density at radius 3 is 2.79 bits per heavy atom. The van der Waals surface area contributed by atoms with E-state index < -0.39 is 0 Å². The lowest BCUT2D eigenvalue weighted by molar-refractivity contribution is -0.128. The first-order valence-corrected chi connectivity index (χ1v) is 9.05. The molecule has 0 aromatic carbocycles. The van der Waals surface area contributed by atoms with Gasteiger partial charge in [0.15, 0.2) is 5.82 Å². The van der Waals surface area contributed by atoms with Crippen LogP contribution in [0.5, 0.6) is 0 Å². The Bertz CT molecular complexity index is 542. The molecule has 2 fully saturated rings. The molecular formula is C17H28N4O3. The first-order valence-electron chi connectivity index (χ1n) is 9.05. The van der Waals surface area contributed by atoms with E-state index in [2.05, 4.69) is 27.3 Å². The maximum absolute atomic E-state index is 12.5. The molecule has 2 saturated heterocycles. The normalized spacial score (nSPS) is 25.9. The van der Waals surface area contributed by atoms with Crippen molar-refractivity contribution in [3.05, 3.63) is 11.7 Å².